The molecule has 140 valence electrons. The Morgan fingerprint density at radius 2 is 2.12 bits per heavy atom. The molecule has 3 fully saturated rings. The van der Waals surface area contributed by atoms with Gasteiger partial charge in [-0.1, -0.05) is 6.07 Å². The molecule has 0 saturated carbocycles. The lowest BCUT2D eigenvalue weighted by Crippen LogP contribution is -2.63. The zero-order valence-electron chi connectivity index (χ0n) is 15.1. The highest BCUT2D eigenvalue weighted by molar-refractivity contribution is 7.09. The fourth-order valence-electron chi connectivity index (χ4n) is 3.63. The summed E-state index contributed by atoms with van der Waals surface area (Å²) < 4.78 is 5.41. The first kappa shape index (κ1) is 17.6. The van der Waals surface area contributed by atoms with E-state index in [4.69, 9.17) is 9.41 Å². The topological polar surface area (TPSA) is 56.0 Å². The molecule has 2 N–H and O–H groups in total. The molecular weight excluding hydrogens is 346 g/mol. The number of thiophene rings is 1. The minimum Gasteiger partial charge on any atom is -0.469 e. The number of nitrogens with zero attached hydrogens (tertiary/aromatic N) is 3. The number of nitrogens with one attached hydrogen (secondary N) is 2. The maximum Gasteiger partial charge on any atom is 0.191 e. The minimum absolute atomic E-state index is 0.580. The van der Waals surface area contributed by atoms with E-state index in [9.17, 15) is 0 Å². The highest BCUT2D eigenvalue weighted by Gasteiger charge is 2.31. The molecule has 0 aromatic carbocycles. The largest absolute Gasteiger partial charge is 0.469 e. The molecule has 1 unspecified atom stereocenters. The van der Waals surface area contributed by atoms with Gasteiger partial charge in [-0.25, -0.2) is 4.99 Å². The highest BCUT2D eigenvalue weighted by Crippen LogP contribution is 2.15. The molecule has 26 heavy (non-hydrogen) atoms. The van der Waals surface area contributed by atoms with Crippen LogP contribution in [0, 0.1) is 0 Å². The first-order valence-electron chi connectivity index (χ1n) is 9.40. The van der Waals surface area contributed by atoms with E-state index in [0.29, 0.717) is 12.6 Å². The molecule has 2 aromatic heterocycles. The van der Waals surface area contributed by atoms with Crippen molar-refractivity contribution in [3.63, 3.8) is 0 Å². The summed E-state index contributed by atoms with van der Waals surface area (Å²) in [6.45, 7) is 8.46. The number of piperazine rings is 3. The fraction of sp³-hybridized carbons (Fsp3) is 0.526. The van der Waals surface area contributed by atoms with E-state index in [1.165, 1.54) is 31.1 Å². The molecule has 2 aromatic rings. The standard InChI is InChI=1S/C19H27N5OS/c1-3-17(25-11-1)5-6-20-19(22-14-18-4-2-12-26-18)21-13-16-15-23-7-9-24(16)10-8-23/h1-4,11-12,16H,5-10,13-15H2,(H2,20,21,22). The lowest BCUT2D eigenvalue weighted by atomic mass is 10.1. The van der Waals surface area contributed by atoms with Crippen LogP contribution in [0.25, 0.3) is 0 Å². The number of furan rings is 1. The lowest BCUT2D eigenvalue weighted by Gasteiger charge is -2.47. The highest BCUT2D eigenvalue weighted by atomic mass is 32.1. The van der Waals surface area contributed by atoms with Crippen molar-refractivity contribution in [2.45, 2.75) is 19.0 Å². The third-order valence-electron chi connectivity index (χ3n) is 5.11. The molecular formula is C19H27N5OS. The van der Waals surface area contributed by atoms with Gasteiger partial charge >= 0.3 is 0 Å². The molecule has 6 nitrogen and oxygen atoms in total. The molecule has 0 aliphatic carbocycles. The van der Waals surface area contributed by atoms with Gasteiger partial charge in [-0.15, -0.1) is 11.3 Å². The van der Waals surface area contributed by atoms with Gasteiger partial charge in [0.25, 0.3) is 0 Å². The van der Waals surface area contributed by atoms with Gasteiger partial charge in [0.15, 0.2) is 5.96 Å². The molecule has 3 saturated heterocycles. The predicted molar refractivity (Wildman–Crippen MR) is 106 cm³/mol. The van der Waals surface area contributed by atoms with Crippen LogP contribution in [-0.4, -0.2) is 67.6 Å². The Balaban J connectivity index is 1.31. The average Bonchev–Trinajstić information content (AvgIpc) is 3.38. The Hall–Kier alpha value is -1.83. The molecule has 3 aliphatic rings. The van der Waals surface area contributed by atoms with Gasteiger partial charge in [0.05, 0.1) is 12.8 Å². The zero-order chi connectivity index (χ0) is 17.6. The Morgan fingerprint density at radius 1 is 1.19 bits per heavy atom. The van der Waals surface area contributed by atoms with Crippen molar-refractivity contribution in [2.75, 3.05) is 45.8 Å². The number of aliphatic imine (C=N–C) groups is 1. The smallest absolute Gasteiger partial charge is 0.191 e. The van der Waals surface area contributed by atoms with Gasteiger partial charge < -0.3 is 15.1 Å². The normalized spacial score (nSPS) is 25.4. The molecule has 0 amide bonds. The van der Waals surface area contributed by atoms with Gasteiger partial charge in [-0.3, -0.25) is 9.80 Å². The minimum atomic E-state index is 0.580. The van der Waals surface area contributed by atoms with Crippen LogP contribution >= 0.6 is 11.3 Å². The van der Waals surface area contributed by atoms with Crippen molar-refractivity contribution in [3.8, 4) is 0 Å². The van der Waals surface area contributed by atoms with Crippen molar-refractivity contribution >= 4 is 17.3 Å². The molecule has 5 heterocycles. The summed E-state index contributed by atoms with van der Waals surface area (Å²) in [5.74, 6) is 1.89. The van der Waals surface area contributed by atoms with E-state index >= 15 is 0 Å². The molecule has 0 radical (unpaired) electrons. The number of hydrogen-bond acceptors (Lipinski definition) is 5. The van der Waals surface area contributed by atoms with Crippen molar-refractivity contribution < 1.29 is 4.42 Å². The summed E-state index contributed by atoms with van der Waals surface area (Å²) >= 11 is 1.75. The SMILES string of the molecule is c1coc(CCNC(=NCc2cccs2)NCC2CN3CCN2CC3)c1. The fourth-order valence-corrected chi connectivity index (χ4v) is 4.25. The molecule has 2 bridgehead atoms. The monoisotopic (exact) mass is 373 g/mol. The van der Waals surface area contributed by atoms with Crippen LogP contribution in [0.1, 0.15) is 10.6 Å². The quantitative estimate of drug-likeness (QED) is 0.571. The Bertz CT molecular complexity index is 677. The number of guanidine groups is 1. The van der Waals surface area contributed by atoms with Crippen molar-refractivity contribution in [1.29, 1.82) is 0 Å². The van der Waals surface area contributed by atoms with Crippen LogP contribution in [0.15, 0.2) is 45.3 Å². The van der Waals surface area contributed by atoms with E-state index in [1.807, 2.05) is 12.1 Å². The van der Waals surface area contributed by atoms with Crippen LogP contribution in [-0.2, 0) is 13.0 Å². The Kier molecular flexibility index (Phi) is 5.88. The van der Waals surface area contributed by atoms with E-state index in [1.54, 1.807) is 17.6 Å². The second-order valence-electron chi connectivity index (χ2n) is 6.87. The van der Waals surface area contributed by atoms with Crippen molar-refractivity contribution in [2.24, 2.45) is 4.99 Å². The van der Waals surface area contributed by atoms with Crippen LogP contribution in [0.2, 0.25) is 0 Å². The van der Waals surface area contributed by atoms with Gasteiger partial charge in [-0.2, -0.15) is 0 Å². The van der Waals surface area contributed by atoms with Gasteiger partial charge in [0.2, 0.25) is 0 Å². The summed E-state index contributed by atoms with van der Waals surface area (Å²) in [6, 6.07) is 8.73. The summed E-state index contributed by atoms with van der Waals surface area (Å²) in [5.41, 5.74) is 0. The first-order chi connectivity index (χ1) is 12.9. The molecule has 0 spiro atoms. The second-order valence-corrected chi connectivity index (χ2v) is 7.90. The molecule has 7 heteroatoms. The van der Waals surface area contributed by atoms with E-state index in [-0.39, 0.29) is 0 Å². The second kappa shape index (κ2) is 8.70. The maximum atomic E-state index is 5.41. The summed E-state index contributed by atoms with van der Waals surface area (Å²) in [4.78, 5) is 11.2. The van der Waals surface area contributed by atoms with Crippen LogP contribution in [0.4, 0.5) is 0 Å². The van der Waals surface area contributed by atoms with E-state index in [2.05, 4.69) is 37.9 Å². The molecule has 5 rings (SSSR count). The van der Waals surface area contributed by atoms with Crippen LogP contribution in [0.5, 0.6) is 0 Å². The first-order valence-corrected chi connectivity index (χ1v) is 10.3. The van der Waals surface area contributed by atoms with E-state index in [0.717, 1.165) is 37.8 Å². The lowest BCUT2D eigenvalue weighted by molar-refractivity contribution is 0.0154. The predicted octanol–water partition coefficient (Wildman–Crippen LogP) is 1.62. The Labute approximate surface area is 158 Å². The average molecular weight is 374 g/mol. The summed E-state index contributed by atoms with van der Waals surface area (Å²) in [6.07, 6.45) is 2.58. The third-order valence-corrected chi connectivity index (χ3v) is 5.98. The van der Waals surface area contributed by atoms with Crippen LogP contribution < -0.4 is 10.6 Å². The third kappa shape index (κ3) is 4.66. The number of rotatable bonds is 7. The maximum absolute atomic E-state index is 5.41. The molecule has 1 atom stereocenters. The molecule has 3 aliphatic heterocycles. The van der Waals surface area contributed by atoms with Gasteiger partial charge in [0, 0.05) is 63.2 Å². The van der Waals surface area contributed by atoms with Crippen LogP contribution in [0.3, 0.4) is 0 Å². The Morgan fingerprint density at radius 3 is 2.81 bits per heavy atom. The van der Waals surface area contributed by atoms with Crippen molar-refractivity contribution in [1.82, 2.24) is 20.4 Å². The van der Waals surface area contributed by atoms with E-state index < -0.39 is 0 Å². The van der Waals surface area contributed by atoms with Crippen molar-refractivity contribution in [3.05, 3.63) is 46.5 Å². The summed E-state index contributed by atoms with van der Waals surface area (Å²) in [7, 11) is 0. The van der Waals surface area contributed by atoms with Gasteiger partial charge in [0.1, 0.15) is 5.76 Å². The number of fused-ring (bicyclic) bond motifs is 3. The zero-order valence-corrected chi connectivity index (χ0v) is 15.9. The van der Waals surface area contributed by atoms with Gasteiger partial charge in [-0.05, 0) is 23.6 Å². The summed E-state index contributed by atoms with van der Waals surface area (Å²) in [5, 5.41) is 9.12. The number of hydrogen-bond donors (Lipinski definition) is 2.